The van der Waals surface area contributed by atoms with E-state index in [1.807, 2.05) is 0 Å². The lowest BCUT2D eigenvalue weighted by molar-refractivity contribution is 0.0979. The van der Waals surface area contributed by atoms with Crippen LogP contribution in [-0.2, 0) is 9.84 Å². The average Bonchev–Trinajstić information content (AvgIpc) is 2.57. The number of rotatable bonds is 4. The van der Waals surface area contributed by atoms with Crippen LogP contribution < -0.4 is 0 Å². The lowest BCUT2D eigenvalue weighted by atomic mass is 9.84. The molecule has 0 aliphatic heterocycles. The maximum Gasteiger partial charge on any atom is 0.194 e. The third kappa shape index (κ3) is 2.79. The molecule has 3 rings (SSSR count). The van der Waals surface area contributed by atoms with E-state index in [0.29, 0.717) is 17.7 Å². The Hall–Kier alpha value is -2.31. The van der Waals surface area contributed by atoms with Gasteiger partial charge in [0.1, 0.15) is 0 Å². The van der Waals surface area contributed by atoms with Crippen molar-refractivity contribution in [3.05, 3.63) is 64.7 Å². The first-order valence-corrected chi connectivity index (χ1v) is 9.16. The van der Waals surface area contributed by atoms with Crippen molar-refractivity contribution in [3.63, 3.8) is 0 Å². The van der Waals surface area contributed by atoms with E-state index in [9.17, 15) is 18.0 Å². The number of hydrogen-bond donors (Lipinski definition) is 0. The molecule has 0 saturated carbocycles. The summed E-state index contributed by atoms with van der Waals surface area (Å²) in [5.74, 6) is -0.611. The van der Waals surface area contributed by atoms with E-state index in [4.69, 9.17) is 0 Å². The molecule has 2 aromatic rings. The highest BCUT2D eigenvalue weighted by molar-refractivity contribution is 7.91. The Balaban J connectivity index is 2.06. The SMILES string of the molecule is CN(C)CCS(=O)(=O)c1ccc2c(c1)C(=O)c1ccccc1C2=O. The van der Waals surface area contributed by atoms with E-state index in [2.05, 4.69) is 0 Å². The van der Waals surface area contributed by atoms with Crippen LogP contribution >= 0.6 is 0 Å². The molecule has 5 nitrogen and oxygen atoms in total. The van der Waals surface area contributed by atoms with Crippen molar-refractivity contribution < 1.29 is 18.0 Å². The number of hydrogen-bond acceptors (Lipinski definition) is 5. The van der Waals surface area contributed by atoms with Gasteiger partial charge >= 0.3 is 0 Å². The molecule has 0 unspecified atom stereocenters. The summed E-state index contributed by atoms with van der Waals surface area (Å²) in [4.78, 5) is 27.0. The van der Waals surface area contributed by atoms with E-state index >= 15 is 0 Å². The van der Waals surface area contributed by atoms with E-state index < -0.39 is 9.84 Å². The molecule has 124 valence electrons. The highest BCUT2D eigenvalue weighted by atomic mass is 32.2. The van der Waals surface area contributed by atoms with E-state index in [1.54, 1.807) is 43.3 Å². The molecule has 1 aliphatic rings. The average molecular weight is 343 g/mol. The Bertz CT molecular complexity index is 945. The predicted octanol–water partition coefficient (Wildman–Crippen LogP) is 1.80. The van der Waals surface area contributed by atoms with Crippen LogP contribution in [-0.4, -0.2) is 51.3 Å². The molecule has 0 N–H and O–H groups in total. The van der Waals surface area contributed by atoms with Crippen molar-refractivity contribution >= 4 is 21.4 Å². The number of carbonyl (C=O) groups is 2. The Morgan fingerprint density at radius 2 is 1.38 bits per heavy atom. The van der Waals surface area contributed by atoms with E-state index in [1.165, 1.54) is 18.2 Å². The van der Waals surface area contributed by atoms with Crippen molar-refractivity contribution in [1.82, 2.24) is 4.90 Å². The zero-order valence-corrected chi connectivity index (χ0v) is 14.3. The fourth-order valence-electron chi connectivity index (χ4n) is 2.69. The molecule has 24 heavy (non-hydrogen) atoms. The maximum atomic E-state index is 12.6. The van der Waals surface area contributed by atoms with Crippen molar-refractivity contribution in [2.45, 2.75) is 4.90 Å². The summed E-state index contributed by atoms with van der Waals surface area (Å²) in [6, 6.07) is 10.8. The highest BCUT2D eigenvalue weighted by Gasteiger charge is 2.30. The molecule has 0 aromatic heterocycles. The predicted molar refractivity (Wildman–Crippen MR) is 90.4 cm³/mol. The third-order valence-electron chi connectivity index (χ3n) is 4.06. The highest BCUT2D eigenvalue weighted by Crippen LogP contribution is 2.29. The normalized spacial score (nSPS) is 13.8. The van der Waals surface area contributed by atoms with Gasteiger partial charge in [0.2, 0.25) is 0 Å². The van der Waals surface area contributed by atoms with E-state index in [0.717, 1.165) is 0 Å². The second kappa shape index (κ2) is 5.96. The summed E-state index contributed by atoms with van der Waals surface area (Å²) in [6.45, 7) is 0.384. The molecule has 0 atom stereocenters. The summed E-state index contributed by atoms with van der Waals surface area (Å²) >= 11 is 0. The molecule has 0 bridgehead atoms. The van der Waals surface area contributed by atoms with Crippen LogP contribution in [0.25, 0.3) is 0 Å². The topological polar surface area (TPSA) is 71.5 Å². The molecule has 0 heterocycles. The van der Waals surface area contributed by atoms with Crippen LogP contribution in [0.3, 0.4) is 0 Å². The molecule has 0 amide bonds. The van der Waals surface area contributed by atoms with Gasteiger partial charge in [-0.3, -0.25) is 9.59 Å². The van der Waals surface area contributed by atoms with Crippen LogP contribution in [0.15, 0.2) is 47.4 Å². The minimum atomic E-state index is -3.51. The standard InChI is InChI=1S/C18H17NO4S/c1-19(2)9-10-24(22,23)12-7-8-15-16(11-12)18(21)14-6-4-3-5-13(14)17(15)20/h3-8,11H,9-10H2,1-2H3. The summed E-state index contributed by atoms with van der Waals surface area (Å²) < 4.78 is 24.9. The fourth-order valence-corrected chi connectivity index (χ4v) is 4.11. The minimum Gasteiger partial charge on any atom is -0.308 e. The molecular weight excluding hydrogens is 326 g/mol. The van der Waals surface area contributed by atoms with Crippen molar-refractivity contribution in [2.24, 2.45) is 0 Å². The molecule has 0 radical (unpaired) electrons. The number of sulfone groups is 1. The lowest BCUT2D eigenvalue weighted by Gasteiger charge is -2.18. The lowest BCUT2D eigenvalue weighted by Crippen LogP contribution is -2.24. The largest absolute Gasteiger partial charge is 0.308 e. The van der Waals surface area contributed by atoms with Gasteiger partial charge < -0.3 is 4.90 Å². The molecule has 0 spiro atoms. The van der Waals surface area contributed by atoms with Crippen LogP contribution in [0.5, 0.6) is 0 Å². The summed E-state index contributed by atoms with van der Waals surface area (Å²) in [5, 5.41) is 0. The van der Waals surface area contributed by atoms with Gasteiger partial charge in [-0.25, -0.2) is 8.42 Å². The van der Waals surface area contributed by atoms with Crippen molar-refractivity contribution in [3.8, 4) is 0 Å². The Kier molecular flexibility index (Phi) is 4.11. The Labute approximate surface area is 140 Å². The smallest absolute Gasteiger partial charge is 0.194 e. The maximum absolute atomic E-state index is 12.6. The molecule has 0 saturated heterocycles. The number of ketones is 2. The first-order valence-electron chi connectivity index (χ1n) is 7.51. The monoisotopic (exact) mass is 343 g/mol. The zero-order chi connectivity index (χ0) is 17.5. The molecule has 1 aliphatic carbocycles. The minimum absolute atomic E-state index is 0.0441. The third-order valence-corrected chi connectivity index (χ3v) is 5.76. The van der Waals surface area contributed by atoms with Crippen LogP contribution in [0.4, 0.5) is 0 Å². The summed E-state index contributed by atoms with van der Waals surface area (Å²) in [5.41, 5.74) is 1.09. The van der Waals surface area contributed by atoms with Crippen molar-refractivity contribution in [2.75, 3.05) is 26.4 Å². The van der Waals surface area contributed by atoms with Gasteiger partial charge in [0.15, 0.2) is 21.4 Å². The van der Waals surface area contributed by atoms with Crippen LogP contribution in [0.1, 0.15) is 31.8 Å². The van der Waals surface area contributed by atoms with Gasteiger partial charge in [0, 0.05) is 28.8 Å². The number of benzene rings is 2. The summed E-state index contributed by atoms with van der Waals surface area (Å²) in [7, 11) is 0.0740. The van der Waals surface area contributed by atoms with Gasteiger partial charge in [0.05, 0.1) is 10.6 Å². The second-order valence-corrected chi connectivity index (χ2v) is 8.14. The van der Waals surface area contributed by atoms with Gasteiger partial charge in [-0.15, -0.1) is 0 Å². The summed E-state index contributed by atoms with van der Waals surface area (Å²) in [6.07, 6.45) is 0. The Morgan fingerprint density at radius 3 is 1.96 bits per heavy atom. The van der Waals surface area contributed by atoms with Gasteiger partial charge in [-0.2, -0.15) is 0 Å². The van der Waals surface area contributed by atoms with Crippen LogP contribution in [0, 0.1) is 0 Å². The second-order valence-electron chi connectivity index (χ2n) is 6.03. The molecular formula is C18H17NO4S. The zero-order valence-electron chi connectivity index (χ0n) is 13.4. The first-order chi connectivity index (χ1) is 11.3. The first kappa shape index (κ1) is 16.5. The van der Waals surface area contributed by atoms with E-state index in [-0.39, 0.29) is 33.3 Å². The van der Waals surface area contributed by atoms with Crippen LogP contribution in [0.2, 0.25) is 0 Å². The number of fused-ring (bicyclic) bond motifs is 2. The quantitative estimate of drug-likeness (QED) is 0.722. The van der Waals surface area contributed by atoms with Crippen molar-refractivity contribution in [1.29, 1.82) is 0 Å². The molecule has 0 fully saturated rings. The number of carbonyl (C=O) groups excluding carboxylic acids is 2. The molecule has 6 heteroatoms. The van der Waals surface area contributed by atoms with Gasteiger partial charge in [-0.1, -0.05) is 24.3 Å². The number of nitrogens with zero attached hydrogens (tertiary/aromatic N) is 1. The van der Waals surface area contributed by atoms with Gasteiger partial charge in [0.25, 0.3) is 0 Å². The van der Waals surface area contributed by atoms with Gasteiger partial charge in [-0.05, 0) is 32.3 Å². The Morgan fingerprint density at radius 1 is 0.833 bits per heavy atom. The fraction of sp³-hybridized carbons (Fsp3) is 0.222. The molecule has 2 aromatic carbocycles.